The van der Waals surface area contributed by atoms with Crippen LogP contribution in [0.4, 0.5) is 0 Å². The summed E-state index contributed by atoms with van der Waals surface area (Å²) in [4.78, 5) is 2.05. The molecule has 0 bridgehead atoms. The molecule has 0 aliphatic heterocycles. The molecule has 2 nitrogen and oxygen atoms in total. The van der Waals surface area contributed by atoms with Crippen LogP contribution in [0.25, 0.3) is 0 Å². The maximum atomic E-state index is 10.8. The Hall–Kier alpha value is 0.110. The molecule has 0 aromatic heterocycles. The molecule has 3 heteroatoms. The zero-order chi connectivity index (χ0) is 11.3. The molecule has 0 aromatic carbocycles. The molecule has 0 aliphatic carbocycles. The minimum atomic E-state index is -0.589. The van der Waals surface area contributed by atoms with Gasteiger partial charge in [0.05, 0.1) is 0 Å². The lowest BCUT2D eigenvalue weighted by Crippen LogP contribution is -2.19. The molecular formula is C10H27NOS. The summed E-state index contributed by atoms with van der Waals surface area (Å²) in [5, 5.41) is 0. The quantitative estimate of drug-likeness (QED) is 0.708. The number of hydrogen-bond donors (Lipinski definition) is 0. The van der Waals surface area contributed by atoms with E-state index in [1.807, 2.05) is 53.6 Å². The van der Waals surface area contributed by atoms with Crippen LogP contribution in [0.1, 0.15) is 34.6 Å². The lowest BCUT2D eigenvalue weighted by Gasteiger charge is -2.06. The molecule has 0 N–H and O–H groups in total. The van der Waals surface area contributed by atoms with Gasteiger partial charge < -0.3 is 4.90 Å². The SMILES string of the molecule is CC.CC.CCS(=O)CCN(C)C. The average molecular weight is 209 g/mol. The highest BCUT2D eigenvalue weighted by Crippen LogP contribution is 1.82. The first-order chi connectivity index (χ1) is 6.16. The van der Waals surface area contributed by atoms with Gasteiger partial charge in [-0.25, -0.2) is 0 Å². The minimum Gasteiger partial charge on any atom is -0.308 e. The van der Waals surface area contributed by atoms with Gasteiger partial charge in [0, 0.05) is 28.9 Å². The molecule has 0 saturated heterocycles. The minimum absolute atomic E-state index is 0.589. The van der Waals surface area contributed by atoms with Crippen LogP contribution >= 0.6 is 0 Å². The Balaban J connectivity index is -0.000000218. The molecule has 0 amide bonds. The van der Waals surface area contributed by atoms with E-state index in [4.69, 9.17) is 0 Å². The summed E-state index contributed by atoms with van der Waals surface area (Å²) in [6.07, 6.45) is 0. The van der Waals surface area contributed by atoms with Crippen LogP contribution < -0.4 is 0 Å². The van der Waals surface area contributed by atoms with Crippen molar-refractivity contribution >= 4 is 10.8 Å². The molecule has 0 spiro atoms. The van der Waals surface area contributed by atoms with E-state index in [9.17, 15) is 4.21 Å². The summed E-state index contributed by atoms with van der Waals surface area (Å²) in [7, 11) is 3.40. The first-order valence-corrected chi connectivity index (χ1v) is 6.65. The number of rotatable bonds is 4. The molecule has 13 heavy (non-hydrogen) atoms. The predicted octanol–water partition coefficient (Wildman–Crippen LogP) is 2.37. The van der Waals surface area contributed by atoms with Gasteiger partial charge in [0.25, 0.3) is 0 Å². The largest absolute Gasteiger partial charge is 0.308 e. The van der Waals surface area contributed by atoms with Crippen LogP contribution in [-0.2, 0) is 10.8 Å². The Labute approximate surface area is 87.2 Å². The molecule has 84 valence electrons. The molecular weight excluding hydrogens is 182 g/mol. The molecule has 1 atom stereocenters. The summed E-state index contributed by atoms with van der Waals surface area (Å²) in [6.45, 7) is 10.9. The summed E-state index contributed by atoms with van der Waals surface area (Å²) in [6, 6.07) is 0. The molecule has 0 radical (unpaired) electrons. The van der Waals surface area contributed by atoms with Crippen molar-refractivity contribution in [3.8, 4) is 0 Å². The lowest BCUT2D eigenvalue weighted by atomic mass is 10.7. The van der Waals surface area contributed by atoms with Crippen LogP contribution in [0.3, 0.4) is 0 Å². The molecule has 1 unspecified atom stereocenters. The normalized spacial score (nSPS) is 10.8. The van der Waals surface area contributed by atoms with E-state index in [0.29, 0.717) is 0 Å². The van der Waals surface area contributed by atoms with Gasteiger partial charge in [-0.15, -0.1) is 0 Å². The van der Waals surface area contributed by atoms with Crippen LogP contribution in [0, 0.1) is 0 Å². The second-order valence-corrected chi connectivity index (χ2v) is 4.10. The first-order valence-electron chi connectivity index (χ1n) is 5.16. The smallest absolute Gasteiger partial charge is 0.0362 e. The van der Waals surface area contributed by atoms with Crippen molar-refractivity contribution in [1.82, 2.24) is 4.90 Å². The van der Waals surface area contributed by atoms with Gasteiger partial charge in [-0.3, -0.25) is 4.21 Å². The van der Waals surface area contributed by atoms with Gasteiger partial charge in [-0.05, 0) is 14.1 Å². The van der Waals surface area contributed by atoms with E-state index in [2.05, 4.69) is 0 Å². The van der Waals surface area contributed by atoms with Crippen molar-refractivity contribution in [2.24, 2.45) is 0 Å². The Kier molecular flexibility index (Phi) is 26.1. The van der Waals surface area contributed by atoms with Crippen molar-refractivity contribution in [3.05, 3.63) is 0 Å². The number of hydrogen-bond acceptors (Lipinski definition) is 2. The van der Waals surface area contributed by atoms with Crippen LogP contribution in [0.5, 0.6) is 0 Å². The molecule has 0 rings (SSSR count). The van der Waals surface area contributed by atoms with Crippen LogP contribution in [-0.4, -0.2) is 41.3 Å². The summed E-state index contributed by atoms with van der Waals surface area (Å²) >= 11 is 0. The summed E-state index contributed by atoms with van der Waals surface area (Å²) in [5.41, 5.74) is 0. The Morgan fingerprint density at radius 3 is 1.69 bits per heavy atom. The Morgan fingerprint density at radius 1 is 1.08 bits per heavy atom. The second kappa shape index (κ2) is 18.0. The van der Waals surface area contributed by atoms with Crippen molar-refractivity contribution in [1.29, 1.82) is 0 Å². The average Bonchev–Trinajstić information content (AvgIpc) is 2.20. The highest BCUT2D eigenvalue weighted by atomic mass is 32.2. The standard InChI is InChI=1S/C6H15NOS.2C2H6/c1-4-9(8)6-5-7(2)3;2*1-2/h4-6H2,1-3H3;2*1-2H3. The molecule has 0 aliphatic rings. The molecule has 0 heterocycles. The second-order valence-electron chi connectivity index (χ2n) is 2.24. The predicted molar refractivity (Wildman–Crippen MR) is 64.8 cm³/mol. The van der Waals surface area contributed by atoms with E-state index in [-0.39, 0.29) is 0 Å². The van der Waals surface area contributed by atoms with Gasteiger partial charge in [0.1, 0.15) is 0 Å². The number of nitrogens with zero attached hydrogens (tertiary/aromatic N) is 1. The van der Waals surface area contributed by atoms with E-state index < -0.39 is 10.8 Å². The van der Waals surface area contributed by atoms with Crippen molar-refractivity contribution in [2.75, 3.05) is 32.1 Å². The van der Waals surface area contributed by atoms with Gasteiger partial charge >= 0.3 is 0 Å². The fourth-order valence-corrected chi connectivity index (χ4v) is 1.29. The van der Waals surface area contributed by atoms with Crippen molar-refractivity contribution in [3.63, 3.8) is 0 Å². The zero-order valence-corrected chi connectivity index (χ0v) is 11.2. The third-order valence-electron chi connectivity index (χ3n) is 1.09. The molecule has 0 fully saturated rings. The summed E-state index contributed by atoms with van der Waals surface area (Å²) < 4.78 is 10.8. The summed E-state index contributed by atoms with van der Waals surface area (Å²) in [5.74, 6) is 1.59. The van der Waals surface area contributed by atoms with Crippen molar-refractivity contribution < 1.29 is 4.21 Å². The van der Waals surface area contributed by atoms with Gasteiger partial charge in [0.2, 0.25) is 0 Å². The fourth-order valence-electron chi connectivity index (χ4n) is 0.429. The fraction of sp³-hybridized carbons (Fsp3) is 1.00. The zero-order valence-electron chi connectivity index (χ0n) is 10.4. The topological polar surface area (TPSA) is 20.3 Å². The highest BCUT2D eigenvalue weighted by Gasteiger charge is 1.95. The maximum Gasteiger partial charge on any atom is 0.0362 e. The van der Waals surface area contributed by atoms with E-state index in [0.717, 1.165) is 18.1 Å². The molecule has 0 aromatic rings. The van der Waals surface area contributed by atoms with Crippen molar-refractivity contribution in [2.45, 2.75) is 34.6 Å². The third kappa shape index (κ3) is 24.5. The van der Waals surface area contributed by atoms with Gasteiger partial charge in [0.15, 0.2) is 0 Å². The van der Waals surface area contributed by atoms with Gasteiger partial charge in [-0.2, -0.15) is 0 Å². The van der Waals surface area contributed by atoms with Crippen LogP contribution in [0.2, 0.25) is 0 Å². The first kappa shape index (κ1) is 18.8. The Bertz CT molecular complexity index is 94.9. The monoisotopic (exact) mass is 209 g/mol. The van der Waals surface area contributed by atoms with Gasteiger partial charge in [-0.1, -0.05) is 34.6 Å². The van der Waals surface area contributed by atoms with E-state index in [1.165, 1.54) is 0 Å². The van der Waals surface area contributed by atoms with E-state index >= 15 is 0 Å². The highest BCUT2D eigenvalue weighted by molar-refractivity contribution is 7.84. The van der Waals surface area contributed by atoms with Crippen LogP contribution in [0.15, 0.2) is 0 Å². The van der Waals surface area contributed by atoms with E-state index in [1.54, 1.807) is 0 Å². The maximum absolute atomic E-state index is 10.8. The molecule has 0 saturated carbocycles. The Morgan fingerprint density at radius 2 is 1.46 bits per heavy atom. The lowest BCUT2D eigenvalue weighted by molar-refractivity contribution is 0.435. The third-order valence-corrected chi connectivity index (χ3v) is 2.37.